The number of halogens is 1. The van der Waals surface area contributed by atoms with Crippen molar-refractivity contribution in [3.05, 3.63) is 23.2 Å². The molecule has 2 rings (SSSR count). The van der Waals surface area contributed by atoms with Crippen LogP contribution in [0.1, 0.15) is 26.7 Å². The molecule has 0 radical (unpaired) electrons. The van der Waals surface area contributed by atoms with E-state index in [1.165, 1.54) is 0 Å². The number of piperidine rings is 1. The molecule has 0 unspecified atom stereocenters. The molecule has 0 spiro atoms. The number of carbonyl (C=O) groups is 1. The fourth-order valence-electron chi connectivity index (χ4n) is 2.28. The van der Waals surface area contributed by atoms with E-state index in [9.17, 15) is 4.79 Å². The van der Waals surface area contributed by atoms with Gasteiger partial charge in [-0.15, -0.1) is 11.8 Å². The first kappa shape index (κ1) is 15.7. The number of hydrogen-bond acceptors (Lipinski definition) is 3. The summed E-state index contributed by atoms with van der Waals surface area (Å²) in [5.74, 6) is 0.214. The lowest BCUT2D eigenvalue weighted by molar-refractivity contribution is -0.120. The normalized spacial score (nSPS) is 16.4. The topological polar surface area (TPSA) is 41.1 Å². The maximum Gasteiger partial charge on any atom is 0.227 e. The molecule has 0 aromatic heterocycles. The second-order valence-electron chi connectivity index (χ2n) is 5.30. The third-order valence-corrected chi connectivity index (χ3v) is 4.86. The van der Waals surface area contributed by atoms with Crippen LogP contribution in [0.15, 0.2) is 23.1 Å². The van der Waals surface area contributed by atoms with E-state index in [0.29, 0.717) is 10.3 Å². The van der Waals surface area contributed by atoms with Gasteiger partial charge < -0.3 is 10.6 Å². The van der Waals surface area contributed by atoms with E-state index >= 15 is 0 Å². The predicted molar refractivity (Wildman–Crippen MR) is 86.7 cm³/mol. The van der Waals surface area contributed by atoms with Crippen LogP contribution in [0.5, 0.6) is 0 Å². The standard InChI is InChI=1S/C15H21ClN2OS/c1-10(2)20-14-12(16)4-3-5-13(14)18-15(19)11-6-8-17-9-7-11/h3-5,10-11,17H,6-9H2,1-2H3,(H,18,19). The summed E-state index contributed by atoms with van der Waals surface area (Å²) in [7, 11) is 0. The van der Waals surface area contributed by atoms with Crippen molar-refractivity contribution >= 4 is 35.0 Å². The van der Waals surface area contributed by atoms with E-state index in [2.05, 4.69) is 24.5 Å². The van der Waals surface area contributed by atoms with E-state index < -0.39 is 0 Å². The quantitative estimate of drug-likeness (QED) is 0.831. The molecule has 110 valence electrons. The fraction of sp³-hybridized carbons (Fsp3) is 0.533. The molecule has 1 amide bonds. The summed E-state index contributed by atoms with van der Waals surface area (Å²) < 4.78 is 0. The Morgan fingerprint density at radius 1 is 1.40 bits per heavy atom. The van der Waals surface area contributed by atoms with Gasteiger partial charge in [0.2, 0.25) is 5.91 Å². The molecular weight excluding hydrogens is 292 g/mol. The lowest BCUT2D eigenvalue weighted by Gasteiger charge is -2.22. The van der Waals surface area contributed by atoms with E-state index in [-0.39, 0.29) is 11.8 Å². The van der Waals surface area contributed by atoms with E-state index in [1.54, 1.807) is 11.8 Å². The molecule has 1 heterocycles. The maximum atomic E-state index is 12.3. The Morgan fingerprint density at radius 3 is 2.75 bits per heavy atom. The molecule has 0 bridgehead atoms. The zero-order valence-electron chi connectivity index (χ0n) is 11.9. The summed E-state index contributed by atoms with van der Waals surface area (Å²) in [5.41, 5.74) is 0.833. The molecule has 1 aromatic carbocycles. The molecule has 1 fully saturated rings. The van der Waals surface area contributed by atoms with Gasteiger partial charge in [-0.25, -0.2) is 0 Å². The number of carbonyl (C=O) groups excluding carboxylic acids is 1. The highest BCUT2D eigenvalue weighted by Gasteiger charge is 2.22. The Hall–Kier alpha value is -0.710. The van der Waals surface area contributed by atoms with Crippen molar-refractivity contribution in [1.29, 1.82) is 0 Å². The van der Waals surface area contributed by atoms with Crippen molar-refractivity contribution in [2.24, 2.45) is 5.92 Å². The van der Waals surface area contributed by atoms with Crippen LogP contribution in [0.2, 0.25) is 5.02 Å². The van der Waals surface area contributed by atoms with Crippen molar-refractivity contribution in [3.63, 3.8) is 0 Å². The predicted octanol–water partition coefficient (Wildman–Crippen LogP) is 3.78. The second-order valence-corrected chi connectivity index (χ2v) is 7.29. The van der Waals surface area contributed by atoms with Gasteiger partial charge in [-0.2, -0.15) is 0 Å². The van der Waals surface area contributed by atoms with Gasteiger partial charge in [0.25, 0.3) is 0 Å². The van der Waals surface area contributed by atoms with Crippen LogP contribution in [0.3, 0.4) is 0 Å². The Kier molecular flexibility index (Phi) is 5.75. The number of benzene rings is 1. The van der Waals surface area contributed by atoms with Crippen molar-refractivity contribution in [2.45, 2.75) is 36.8 Å². The van der Waals surface area contributed by atoms with Crippen LogP contribution in [0.25, 0.3) is 0 Å². The molecule has 1 aliphatic rings. The third kappa shape index (κ3) is 4.14. The number of hydrogen-bond donors (Lipinski definition) is 2. The Morgan fingerprint density at radius 2 is 2.10 bits per heavy atom. The summed E-state index contributed by atoms with van der Waals surface area (Å²) in [5, 5.41) is 7.45. The summed E-state index contributed by atoms with van der Waals surface area (Å²) in [6.07, 6.45) is 1.80. The Labute approximate surface area is 129 Å². The van der Waals surface area contributed by atoms with Gasteiger partial charge in [0.05, 0.1) is 10.7 Å². The van der Waals surface area contributed by atoms with Crippen LogP contribution in [-0.2, 0) is 4.79 Å². The van der Waals surface area contributed by atoms with Gasteiger partial charge in [-0.3, -0.25) is 4.79 Å². The molecule has 0 saturated carbocycles. The number of nitrogens with one attached hydrogen (secondary N) is 2. The average Bonchev–Trinajstić information content (AvgIpc) is 2.43. The van der Waals surface area contributed by atoms with Gasteiger partial charge in [0, 0.05) is 16.1 Å². The highest BCUT2D eigenvalue weighted by atomic mass is 35.5. The first-order chi connectivity index (χ1) is 9.58. The first-order valence-corrected chi connectivity index (χ1v) is 8.30. The van der Waals surface area contributed by atoms with E-state index in [1.807, 2.05) is 18.2 Å². The van der Waals surface area contributed by atoms with Gasteiger partial charge in [-0.1, -0.05) is 31.5 Å². The van der Waals surface area contributed by atoms with Crippen molar-refractivity contribution in [2.75, 3.05) is 18.4 Å². The number of amides is 1. The molecule has 1 aromatic rings. The van der Waals surface area contributed by atoms with Crippen LogP contribution in [-0.4, -0.2) is 24.2 Å². The third-order valence-electron chi connectivity index (χ3n) is 3.29. The highest BCUT2D eigenvalue weighted by Crippen LogP contribution is 2.36. The van der Waals surface area contributed by atoms with Crippen molar-refractivity contribution < 1.29 is 4.79 Å². The van der Waals surface area contributed by atoms with Gasteiger partial charge in [0.1, 0.15) is 0 Å². The van der Waals surface area contributed by atoms with Gasteiger partial charge in [0.15, 0.2) is 0 Å². The lowest BCUT2D eigenvalue weighted by Crippen LogP contribution is -2.34. The number of rotatable bonds is 4. The van der Waals surface area contributed by atoms with Crippen molar-refractivity contribution in [3.8, 4) is 0 Å². The fourth-order valence-corrected chi connectivity index (χ4v) is 3.49. The molecule has 3 nitrogen and oxygen atoms in total. The molecule has 0 atom stereocenters. The minimum atomic E-state index is 0.104. The summed E-state index contributed by atoms with van der Waals surface area (Å²) in [4.78, 5) is 13.3. The minimum absolute atomic E-state index is 0.104. The molecule has 2 N–H and O–H groups in total. The van der Waals surface area contributed by atoms with E-state index in [4.69, 9.17) is 11.6 Å². The highest BCUT2D eigenvalue weighted by molar-refractivity contribution is 8.00. The van der Waals surface area contributed by atoms with Crippen LogP contribution in [0.4, 0.5) is 5.69 Å². The van der Waals surface area contributed by atoms with Gasteiger partial charge in [-0.05, 0) is 38.1 Å². The molecule has 1 saturated heterocycles. The minimum Gasteiger partial charge on any atom is -0.325 e. The second kappa shape index (κ2) is 7.34. The van der Waals surface area contributed by atoms with E-state index in [0.717, 1.165) is 36.5 Å². The Bertz CT molecular complexity index is 473. The average molecular weight is 313 g/mol. The summed E-state index contributed by atoms with van der Waals surface area (Å²) in [6.45, 7) is 6.07. The molecular formula is C15H21ClN2OS. The van der Waals surface area contributed by atoms with Crippen molar-refractivity contribution in [1.82, 2.24) is 5.32 Å². The maximum absolute atomic E-state index is 12.3. The Balaban J connectivity index is 2.11. The van der Waals surface area contributed by atoms with Crippen LogP contribution in [0, 0.1) is 5.92 Å². The molecule has 0 aliphatic carbocycles. The van der Waals surface area contributed by atoms with Crippen LogP contribution < -0.4 is 10.6 Å². The van der Waals surface area contributed by atoms with Gasteiger partial charge >= 0.3 is 0 Å². The molecule has 1 aliphatic heterocycles. The number of anilines is 1. The monoisotopic (exact) mass is 312 g/mol. The molecule has 20 heavy (non-hydrogen) atoms. The molecule has 5 heteroatoms. The number of thioether (sulfide) groups is 1. The zero-order valence-corrected chi connectivity index (χ0v) is 13.5. The summed E-state index contributed by atoms with van der Waals surface area (Å²) >= 11 is 7.94. The first-order valence-electron chi connectivity index (χ1n) is 7.04. The van der Waals surface area contributed by atoms with Crippen LogP contribution >= 0.6 is 23.4 Å². The zero-order chi connectivity index (χ0) is 14.5. The smallest absolute Gasteiger partial charge is 0.227 e. The SMILES string of the molecule is CC(C)Sc1c(Cl)cccc1NC(=O)C1CCNCC1. The lowest BCUT2D eigenvalue weighted by atomic mass is 9.97. The largest absolute Gasteiger partial charge is 0.325 e. The summed E-state index contributed by atoms with van der Waals surface area (Å²) in [6, 6.07) is 5.67.